The number of aliphatic carboxylic acids is 1. The van der Waals surface area contributed by atoms with Crippen molar-refractivity contribution in [3.8, 4) is 0 Å². The van der Waals surface area contributed by atoms with Crippen LogP contribution in [0.15, 0.2) is 6.07 Å². The second-order valence-corrected chi connectivity index (χ2v) is 5.85. The highest BCUT2D eigenvalue weighted by atomic mass is 16.4. The van der Waals surface area contributed by atoms with E-state index in [2.05, 4.69) is 4.98 Å². The van der Waals surface area contributed by atoms with Crippen LogP contribution in [0.2, 0.25) is 0 Å². The van der Waals surface area contributed by atoms with E-state index in [0.29, 0.717) is 17.9 Å². The number of pyridine rings is 1. The molecule has 1 aromatic heterocycles. The molecule has 1 aromatic rings. The number of aryl methyl sites for hydroxylation is 2. The normalized spacial score (nSPS) is 13.3. The van der Waals surface area contributed by atoms with Crippen LogP contribution in [0.1, 0.15) is 41.9 Å². The highest BCUT2D eigenvalue weighted by molar-refractivity contribution is 5.98. The van der Waals surface area contributed by atoms with E-state index in [-0.39, 0.29) is 12.5 Å². The smallest absolute Gasteiger partial charge is 0.323 e. The fraction of sp³-hybridized carbons (Fsp3) is 0.533. The van der Waals surface area contributed by atoms with Gasteiger partial charge in [0.05, 0.1) is 5.56 Å². The molecule has 6 heteroatoms. The van der Waals surface area contributed by atoms with Crippen molar-refractivity contribution in [2.45, 2.75) is 33.1 Å². The van der Waals surface area contributed by atoms with E-state index < -0.39 is 11.9 Å². The quantitative estimate of drug-likeness (QED) is 0.821. The number of primary amides is 1. The number of hydrogen-bond acceptors (Lipinski definition) is 4. The first-order valence-electron chi connectivity index (χ1n) is 7.17. The predicted molar refractivity (Wildman–Crippen MR) is 79.5 cm³/mol. The summed E-state index contributed by atoms with van der Waals surface area (Å²) >= 11 is 0. The Kier molecular flexibility index (Phi) is 4.45. The second-order valence-electron chi connectivity index (χ2n) is 5.85. The van der Waals surface area contributed by atoms with Gasteiger partial charge in [-0.25, -0.2) is 4.98 Å². The molecule has 0 aliphatic heterocycles. The van der Waals surface area contributed by atoms with Crippen LogP contribution in [0.3, 0.4) is 0 Å². The Morgan fingerprint density at radius 1 is 1.43 bits per heavy atom. The molecule has 1 aliphatic rings. The van der Waals surface area contributed by atoms with Crippen molar-refractivity contribution in [3.05, 3.63) is 22.9 Å². The fourth-order valence-corrected chi connectivity index (χ4v) is 2.71. The Labute approximate surface area is 124 Å². The molecular weight excluding hydrogens is 270 g/mol. The molecule has 21 heavy (non-hydrogen) atoms. The maximum Gasteiger partial charge on any atom is 0.323 e. The molecule has 0 saturated heterocycles. The Morgan fingerprint density at radius 3 is 2.71 bits per heavy atom. The van der Waals surface area contributed by atoms with Gasteiger partial charge in [0.2, 0.25) is 0 Å². The van der Waals surface area contributed by atoms with E-state index >= 15 is 0 Å². The summed E-state index contributed by atoms with van der Waals surface area (Å²) in [6.07, 6.45) is 2.77. The molecule has 0 atom stereocenters. The monoisotopic (exact) mass is 291 g/mol. The van der Waals surface area contributed by atoms with Gasteiger partial charge in [0.1, 0.15) is 12.4 Å². The minimum absolute atomic E-state index is 0.190. The van der Waals surface area contributed by atoms with Crippen LogP contribution >= 0.6 is 0 Å². The van der Waals surface area contributed by atoms with Crippen molar-refractivity contribution < 1.29 is 14.7 Å². The van der Waals surface area contributed by atoms with Crippen molar-refractivity contribution in [1.29, 1.82) is 0 Å². The number of fused-ring (bicyclic) bond motifs is 1. The van der Waals surface area contributed by atoms with E-state index in [1.165, 1.54) is 0 Å². The zero-order chi connectivity index (χ0) is 15.6. The van der Waals surface area contributed by atoms with Gasteiger partial charge in [-0.2, -0.15) is 0 Å². The summed E-state index contributed by atoms with van der Waals surface area (Å²) in [5.41, 5.74) is 7.77. The summed E-state index contributed by atoms with van der Waals surface area (Å²) in [6.45, 7) is 4.31. The van der Waals surface area contributed by atoms with Crippen LogP contribution in [0, 0.1) is 5.92 Å². The third-order valence-electron chi connectivity index (χ3n) is 3.51. The molecule has 2 rings (SSSR count). The Balaban J connectivity index is 2.46. The van der Waals surface area contributed by atoms with Gasteiger partial charge in [0, 0.05) is 12.2 Å². The Morgan fingerprint density at radius 2 is 2.14 bits per heavy atom. The first-order valence-corrected chi connectivity index (χ1v) is 7.17. The van der Waals surface area contributed by atoms with E-state index in [1.54, 1.807) is 11.0 Å². The molecule has 0 aromatic carbocycles. The third-order valence-corrected chi connectivity index (χ3v) is 3.51. The van der Waals surface area contributed by atoms with Crippen molar-refractivity contribution >= 4 is 17.7 Å². The largest absolute Gasteiger partial charge is 0.480 e. The third kappa shape index (κ3) is 3.51. The zero-order valence-corrected chi connectivity index (χ0v) is 12.4. The van der Waals surface area contributed by atoms with Crippen LogP contribution in [0.5, 0.6) is 0 Å². The second kappa shape index (κ2) is 6.11. The molecule has 1 amide bonds. The van der Waals surface area contributed by atoms with E-state index in [9.17, 15) is 9.59 Å². The van der Waals surface area contributed by atoms with Crippen molar-refractivity contribution in [1.82, 2.24) is 4.98 Å². The summed E-state index contributed by atoms with van der Waals surface area (Å²) in [6, 6.07) is 1.78. The van der Waals surface area contributed by atoms with Crippen molar-refractivity contribution in [2.24, 2.45) is 11.7 Å². The van der Waals surface area contributed by atoms with Crippen LogP contribution in [0.25, 0.3) is 0 Å². The molecule has 0 unspecified atom stereocenters. The molecule has 114 valence electrons. The first-order chi connectivity index (χ1) is 9.88. The number of carbonyl (C=O) groups excluding carboxylic acids is 1. The number of carboxylic acids is 1. The summed E-state index contributed by atoms with van der Waals surface area (Å²) in [4.78, 5) is 29.0. The molecule has 1 heterocycles. The van der Waals surface area contributed by atoms with Gasteiger partial charge in [-0.05, 0) is 36.8 Å². The van der Waals surface area contributed by atoms with Gasteiger partial charge in [0.25, 0.3) is 5.91 Å². The first kappa shape index (κ1) is 15.3. The van der Waals surface area contributed by atoms with Gasteiger partial charge in [-0.15, -0.1) is 0 Å². The molecule has 1 aliphatic carbocycles. The van der Waals surface area contributed by atoms with Crippen molar-refractivity contribution in [3.63, 3.8) is 0 Å². The summed E-state index contributed by atoms with van der Waals surface area (Å²) in [5.74, 6) is -0.862. The lowest BCUT2D eigenvalue weighted by Crippen LogP contribution is -2.35. The van der Waals surface area contributed by atoms with Gasteiger partial charge >= 0.3 is 5.97 Å². The lowest BCUT2D eigenvalue weighted by molar-refractivity contribution is -0.135. The molecule has 0 spiro atoms. The predicted octanol–water partition coefficient (Wildman–Crippen LogP) is 1.22. The molecule has 0 radical (unpaired) electrons. The van der Waals surface area contributed by atoms with Crippen LogP contribution in [-0.2, 0) is 17.6 Å². The Bertz CT molecular complexity index is 570. The number of nitrogens with zero attached hydrogens (tertiary/aromatic N) is 2. The number of anilines is 1. The zero-order valence-electron chi connectivity index (χ0n) is 12.4. The SMILES string of the molecule is CC(C)CN(CC(=O)O)c1nc2c(cc1C(N)=O)CCC2. The number of carboxylic acid groups (broad SMARTS) is 1. The maximum atomic E-state index is 11.7. The van der Waals surface area contributed by atoms with E-state index in [4.69, 9.17) is 10.8 Å². The summed E-state index contributed by atoms with van der Waals surface area (Å²) < 4.78 is 0. The van der Waals surface area contributed by atoms with Crippen LogP contribution in [0.4, 0.5) is 5.82 Å². The minimum atomic E-state index is -0.951. The van der Waals surface area contributed by atoms with Gasteiger partial charge < -0.3 is 15.7 Å². The average molecular weight is 291 g/mol. The maximum absolute atomic E-state index is 11.7. The molecule has 0 bridgehead atoms. The fourth-order valence-electron chi connectivity index (χ4n) is 2.71. The van der Waals surface area contributed by atoms with E-state index in [0.717, 1.165) is 30.5 Å². The molecular formula is C15H21N3O3. The van der Waals surface area contributed by atoms with Gasteiger partial charge in [-0.3, -0.25) is 9.59 Å². The topological polar surface area (TPSA) is 96.5 Å². The average Bonchev–Trinajstić information content (AvgIpc) is 2.82. The number of nitrogens with two attached hydrogens (primary N) is 1. The van der Waals surface area contributed by atoms with Gasteiger partial charge in [-0.1, -0.05) is 13.8 Å². The van der Waals surface area contributed by atoms with Gasteiger partial charge in [0.15, 0.2) is 0 Å². The molecule has 6 nitrogen and oxygen atoms in total. The molecule has 0 fully saturated rings. The number of hydrogen-bond donors (Lipinski definition) is 2. The molecule has 0 saturated carbocycles. The van der Waals surface area contributed by atoms with E-state index in [1.807, 2.05) is 13.8 Å². The summed E-state index contributed by atoms with van der Waals surface area (Å²) in [7, 11) is 0. The van der Waals surface area contributed by atoms with Crippen LogP contribution in [-0.4, -0.2) is 35.1 Å². The van der Waals surface area contributed by atoms with Crippen molar-refractivity contribution in [2.75, 3.05) is 18.0 Å². The lowest BCUT2D eigenvalue weighted by Gasteiger charge is -2.26. The number of carbonyl (C=O) groups is 2. The number of amides is 1. The molecule has 3 N–H and O–H groups in total. The minimum Gasteiger partial charge on any atom is -0.480 e. The highest BCUT2D eigenvalue weighted by Gasteiger charge is 2.24. The summed E-state index contributed by atoms with van der Waals surface area (Å²) in [5, 5.41) is 9.10. The number of aromatic nitrogens is 1. The lowest BCUT2D eigenvalue weighted by atomic mass is 10.1. The standard InChI is InChI=1S/C15H21N3O3/c1-9(2)7-18(8-13(19)20)15-11(14(16)21)6-10-4-3-5-12(10)17-15/h6,9H,3-5,7-8H2,1-2H3,(H2,16,21)(H,19,20). The highest BCUT2D eigenvalue weighted by Crippen LogP contribution is 2.27. The number of rotatable bonds is 6. The Hall–Kier alpha value is -2.11. The van der Waals surface area contributed by atoms with Crippen LogP contribution < -0.4 is 10.6 Å².